The van der Waals surface area contributed by atoms with E-state index in [2.05, 4.69) is 16.0 Å². The second-order valence-corrected chi connectivity index (χ2v) is 8.97. The van der Waals surface area contributed by atoms with E-state index in [1.807, 2.05) is 23.1 Å². The first-order valence-electron chi connectivity index (χ1n) is 8.61. The summed E-state index contributed by atoms with van der Waals surface area (Å²) in [5.41, 5.74) is 2.58. The second-order valence-electron chi connectivity index (χ2n) is 6.75. The summed E-state index contributed by atoms with van der Waals surface area (Å²) in [6, 6.07) is 9.37. The summed E-state index contributed by atoms with van der Waals surface area (Å²) in [4.78, 5) is 25.1. The van der Waals surface area contributed by atoms with E-state index in [0.29, 0.717) is 12.4 Å². The number of carbonyl (C=O) groups is 1. The Labute approximate surface area is 152 Å². The zero-order valence-corrected chi connectivity index (χ0v) is 15.3. The number of para-hydroxylation sites is 1. The highest BCUT2D eigenvalue weighted by atomic mass is 32.2. The minimum absolute atomic E-state index is 0.0205. The van der Waals surface area contributed by atoms with Crippen LogP contribution in [0, 0.1) is 0 Å². The molecule has 0 radical (unpaired) electrons. The molecule has 8 heteroatoms. The summed E-state index contributed by atoms with van der Waals surface area (Å²) in [6.45, 7) is 0.772. The van der Waals surface area contributed by atoms with Gasteiger partial charge in [-0.2, -0.15) is 0 Å². The van der Waals surface area contributed by atoms with Crippen molar-refractivity contribution >= 4 is 27.4 Å². The predicted molar refractivity (Wildman–Crippen MR) is 98.3 cm³/mol. The molecule has 1 aromatic carbocycles. The molecule has 0 spiro atoms. The van der Waals surface area contributed by atoms with E-state index >= 15 is 0 Å². The Kier molecular flexibility index (Phi) is 4.14. The molecule has 2 aliphatic heterocycles. The van der Waals surface area contributed by atoms with Gasteiger partial charge in [-0.3, -0.25) is 4.79 Å². The van der Waals surface area contributed by atoms with E-state index in [1.165, 1.54) is 10.5 Å². The number of carbonyl (C=O) groups excluding carboxylic acids is 1. The van der Waals surface area contributed by atoms with Crippen molar-refractivity contribution in [1.82, 2.24) is 14.9 Å². The van der Waals surface area contributed by atoms with Crippen molar-refractivity contribution in [3.63, 3.8) is 0 Å². The van der Waals surface area contributed by atoms with Gasteiger partial charge >= 0.3 is 0 Å². The van der Waals surface area contributed by atoms with Gasteiger partial charge in [-0.05, 0) is 30.5 Å². The van der Waals surface area contributed by atoms with Crippen LogP contribution >= 0.6 is 0 Å². The molecule has 0 aliphatic carbocycles. The third-order valence-electron chi connectivity index (χ3n) is 5.07. The van der Waals surface area contributed by atoms with Gasteiger partial charge in [0.15, 0.2) is 9.84 Å². The quantitative estimate of drug-likeness (QED) is 0.810. The van der Waals surface area contributed by atoms with Gasteiger partial charge in [0.25, 0.3) is 5.91 Å². The number of rotatable bonds is 3. The highest BCUT2D eigenvalue weighted by Crippen LogP contribution is 2.32. The summed E-state index contributed by atoms with van der Waals surface area (Å²) in [5, 5.41) is 0. The number of fused-ring (bicyclic) bond motifs is 1. The van der Waals surface area contributed by atoms with Crippen molar-refractivity contribution in [2.75, 3.05) is 30.0 Å². The van der Waals surface area contributed by atoms with Crippen LogP contribution in [0.15, 0.2) is 36.5 Å². The van der Waals surface area contributed by atoms with Gasteiger partial charge in [-0.25, -0.2) is 18.4 Å². The molecule has 1 fully saturated rings. The van der Waals surface area contributed by atoms with Crippen LogP contribution in [0.4, 0.5) is 11.6 Å². The SMILES string of the molecule is CN(C(=O)c1ccnc(N2CCc3ccccc32)n1)C1CCS(=O)(=O)C1. The van der Waals surface area contributed by atoms with E-state index in [4.69, 9.17) is 0 Å². The highest BCUT2D eigenvalue weighted by molar-refractivity contribution is 7.91. The number of amides is 1. The maximum Gasteiger partial charge on any atom is 0.272 e. The first kappa shape index (κ1) is 17.0. The first-order chi connectivity index (χ1) is 12.4. The molecule has 1 saturated heterocycles. The average molecular weight is 372 g/mol. The molecule has 1 aromatic heterocycles. The van der Waals surface area contributed by atoms with Crippen LogP contribution in [0.1, 0.15) is 22.5 Å². The van der Waals surface area contributed by atoms with Crippen LogP contribution in [-0.2, 0) is 16.3 Å². The fourth-order valence-electron chi connectivity index (χ4n) is 3.57. The molecule has 0 saturated carbocycles. The van der Waals surface area contributed by atoms with Gasteiger partial charge in [0.2, 0.25) is 5.95 Å². The summed E-state index contributed by atoms with van der Waals surface area (Å²) in [5.74, 6) is 0.373. The molecule has 4 rings (SSSR count). The van der Waals surface area contributed by atoms with Gasteiger partial charge in [0.05, 0.1) is 11.5 Å². The van der Waals surface area contributed by atoms with Crippen molar-refractivity contribution in [1.29, 1.82) is 0 Å². The summed E-state index contributed by atoms with van der Waals surface area (Å²) in [7, 11) is -1.41. The van der Waals surface area contributed by atoms with E-state index in [1.54, 1.807) is 19.3 Å². The Morgan fingerprint density at radius 1 is 1.27 bits per heavy atom. The number of nitrogens with zero attached hydrogens (tertiary/aromatic N) is 4. The third-order valence-corrected chi connectivity index (χ3v) is 6.82. The molecule has 3 heterocycles. The number of anilines is 2. The lowest BCUT2D eigenvalue weighted by atomic mass is 10.2. The summed E-state index contributed by atoms with van der Waals surface area (Å²) >= 11 is 0. The normalized spacial score (nSPS) is 20.8. The lowest BCUT2D eigenvalue weighted by Crippen LogP contribution is -2.38. The molecule has 2 aliphatic rings. The van der Waals surface area contributed by atoms with Gasteiger partial charge in [0, 0.05) is 31.5 Å². The van der Waals surface area contributed by atoms with Crippen LogP contribution in [0.3, 0.4) is 0 Å². The molecular weight excluding hydrogens is 352 g/mol. The van der Waals surface area contributed by atoms with Gasteiger partial charge < -0.3 is 9.80 Å². The van der Waals surface area contributed by atoms with E-state index in [0.717, 1.165) is 18.7 Å². The van der Waals surface area contributed by atoms with Crippen molar-refractivity contribution in [3.8, 4) is 0 Å². The van der Waals surface area contributed by atoms with Crippen LogP contribution in [-0.4, -0.2) is 60.3 Å². The molecule has 7 nitrogen and oxygen atoms in total. The molecule has 26 heavy (non-hydrogen) atoms. The smallest absolute Gasteiger partial charge is 0.272 e. The average Bonchev–Trinajstić information content (AvgIpc) is 3.23. The van der Waals surface area contributed by atoms with Gasteiger partial charge in [0.1, 0.15) is 5.69 Å². The number of aromatic nitrogens is 2. The zero-order chi connectivity index (χ0) is 18.3. The summed E-state index contributed by atoms with van der Waals surface area (Å²) in [6.07, 6.45) is 2.97. The minimum Gasteiger partial charge on any atom is -0.336 e. The predicted octanol–water partition coefficient (Wildman–Crippen LogP) is 1.43. The van der Waals surface area contributed by atoms with E-state index < -0.39 is 9.84 Å². The lowest BCUT2D eigenvalue weighted by molar-refractivity contribution is 0.0741. The van der Waals surface area contributed by atoms with E-state index in [-0.39, 0.29) is 29.1 Å². The van der Waals surface area contributed by atoms with Crippen LogP contribution in [0.5, 0.6) is 0 Å². The molecule has 1 atom stereocenters. The molecule has 1 amide bonds. The Bertz CT molecular complexity index is 960. The Morgan fingerprint density at radius 3 is 2.85 bits per heavy atom. The highest BCUT2D eigenvalue weighted by Gasteiger charge is 2.33. The Hall–Kier alpha value is -2.48. The topological polar surface area (TPSA) is 83.5 Å². The van der Waals surface area contributed by atoms with Crippen molar-refractivity contribution in [2.24, 2.45) is 0 Å². The molecular formula is C18H20N4O3S. The van der Waals surface area contributed by atoms with Crippen molar-refractivity contribution < 1.29 is 13.2 Å². The number of sulfone groups is 1. The van der Waals surface area contributed by atoms with Gasteiger partial charge in [-0.15, -0.1) is 0 Å². The maximum atomic E-state index is 12.8. The summed E-state index contributed by atoms with van der Waals surface area (Å²) < 4.78 is 23.4. The number of hydrogen-bond acceptors (Lipinski definition) is 6. The largest absolute Gasteiger partial charge is 0.336 e. The van der Waals surface area contributed by atoms with Crippen molar-refractivity contribution in [2.45, 2.75) is 18.9 Å². The lowest BCUT2D eigenvalue weighted by Gasteiger charge is -2.23. The van der Waals surface area contributed by atoms with Crippen LogP contribution < -0.4 is 4.90 Å². The monoisotopic (exact) mass is 372 g/mol. The maximum absolute atomic E-state index is 12.8. The number of benzene rings is 1. The molecule has 0 bridgehead atoms. The second kappa shape index (κ2) is 6.35. The first-order valence-corrected chi connectivity index (χ1v) is 10.4. The standard InChI is InChI=1S/C18H20N4O3S/c1-21(14-8-11-26(24,25)12-14)17(23)15-6-9-19-18(20-15)22-10-7-13-4-2-3-5-16(13)22/h2-6,9,14H,7-8,10-12H2,1H3. The number of hydrogen-bond donors (Lipinski definition) is 0. The molecule has 1 unspecified atom stereocenters. The Balaban J connectivity index is 1.58. The third kappa shape index (κ3) is 3.05. The molecule has 2 aromatic rings. The fourth-order valence-corrected chi connectivity index (χ4v) is 5.35. The van der Waals surface area contributed by atoms with Crippen LogP contribution in [0.2, 0.25) is 0 Å². The van der Waals surface area contributed by atoms with Crippen molar-refractivity contribution in [3.05, 3.63) is 47.8 Å². The minimum atomic E-state index is -3.05. The van der Waals surface area contributed by atoms with E-state index in [9.17, 15) is 13.2 Å². The van der Waals surface area contributed by atoms with Crippen LogP contribution in [0.25, 0.3) is 0 Å². The fraction of sp³-hybridized carbons (Fsp3) is 0.389. The molecule has 136 valence electrons. The zero-order valence-electron chi connectivity index (χ0n) is 14.5. The van der Waals surface area contributed by atoms with Gasteiger partial charge in [-0.1, -0.05) is 18.2 Å². The Morgan fingerprint density at radius 2 is 2.08 bits per heavy atom. The molecule has 0 N–H and O–H groups in total.